The highest BCUT2D eigenvalue weighted by Gasteiger charge is 2.38. The number of esters is 5. The summed E-state index contributed by atoms with van der Waals surface area (Å²) in [4.78, 5) is 131. The van der Waals surface area contributed by atoms with Crippen molar-refractivity contribution in [2.75, 3.05) is 60.6 Å². The first-order chi connectivity index (χ1) is 32.5. The molecule has 0 spiro atoms. The number of Topliss-reactive ketones (excluding diaryl/α,β-unsaturated/α-hetero) is 2. The Balaban J connectivity index is -0.000000263. The van der Waals surface area contributed by atoms with Crippen LogP contribution < -0.4 is 16.3 Å². The Hall–Kier alpha value is -5.96. The normalized spacial score (nSPS) is 19.9. The maximum atomic E-state index is 11.6. The van der Waals surface area contributed by atoms with E-state index in [0.717, 1.165) is 32.2 Å². The van der Waals surface area contributed by atoms with Gasteiger partial charge in [-0.2, -0.15) is 0 Å². The standard InChI is InChI=1S/C10H16N2O5.C10H16N2O4.C9H16N2O3.C8H14N2O3.C4H4O3.C2H6.4CH4/c1-17-10(16)7-3-2-6-12(11-7)8(13)4-5-9(14)15;1-7(13)11-6-4-5-9(10(15)16-3)12(11)8(2)14;1-7(12)6-11-5-3-4-8(10-11)9(13)14-2;1-6(11)7-3-2-4-10(9-7)5-8(12)13;5-3-1-2-4(6)7-3;1-2;;;;/h7,11H,2-6H2,1H3,(H,14,15);9H,4-6H2,1-3H3;8,10H,3-6H2,1-2H3;7,9H,2-5H2,1H3,(H,12,13);1-2H2;1-2H3;4*1H4. The molecule has 26 heteroatoms. The Morgan fingerprint density at radius 1 is 0.562 bits per heavy atom. The van der Waals surface area contributed by atoms with E-state index < -0.39 is 47.9 Å². The summed E-state index contributed by atoms with van der Waals surface area (Å²) in [5.41, 5.74) is 8.60. The van der Waals surface area contributed by atoms with Gasteiger partial charge in [0.1, 0.15) is 30.2 Å². The number of ether oxygens (including phenoxy) is 4. The highest BCUT2D eigenvalue weighted by atomic mass is 16.6. The first-order valence-electron chi connectivity index (χ1n) is 22.6. The summed E-state index contributed by atoms with van der Waals surface area (Å²) in [6, 6.07) is -1.70. The fourth-order valence-corrected chi connectivity index (χ4v) is 6.91. The Morgan fingerprint density at radius 3 is 1.40 bits per heavy atom. The second kappa shape index (κ2) is 41.5. The third kappa shape index (κ3) is 30.6. The number of carboxylic acids is 2. The van der Waals surface area contributed by atoms with Gasteiger partial charge in [0.15, 0.2) is 6.04 Å². The average molecular weight is 1050 g/mol. The molecule has 0 aliphatic carbocycles. The van der Waals surface area contributed by atoms with E-state index in [0.29, 0.717) is 51.9 Å². The van der Waals surface area contributed by atoms with Crippen LogP contribution in [0.5, 0.6) is 0 Å². The summed E-state index contributed by atoms with van der Waals surface area (Å²) in [6.45, 7) is 12.5. The molecule has 5 rings (SSSR count). The van der Waals surface area contributed by atoms with Gasteiger partial charge in [0, 0.05) is 46.4 Å². The topological polar surface area (TPSA) is 335 Å². The molecule has 0 saturated carbocycles. The number of hydrazine groups is 4. The van der Waals surface area contributed by atoms with Gasteiger partial charge in [-0.25, -0.2) is 36.1 Å². The number of nitrogens with zero attached hydrogens (tertiary/aromatic N) is 5. The van der Waals surface area contributed by atoms with E-state index in [4.69, 9.17) is 10.2 Å². The zero-order chi connectivity index (χ0) is 52.8. The molecule has 5 N–H and O–H groups in total. The summed E-state index contributed by atoms with van der Waals surface area (Å²) >= 11 is 0. The summed E-state index contributed by atoms with van der Waals surface area (Å²) < 4.78 is 17.9. The van der Waals surface area contributed by atoms with E-state index >= 15 is 0 Å². The molecule has 5 aliphatic rings. The monoisotopic (exact) mass is 1050 g/mol. The number of amides is 3. The van der Waals surface area contributed by atoms with Crippen LogP contribution in [0.4, 0.5) is 0 Å². The van der Waals surface area contributed by atoms with Crippen LogP contribution in [-0.4, -0.2) is 191 Å². The number of carbonyl (C=O) groups excluding carboxylic acids is 10. The molecule has 4 atom stereocenters. The van der Waals surface area contributed by atoms with Crippen molar-refractivity contribution in [3.05, 3.63) is 0 Å². The van der Waals surface area contributed by atoms with Crippen LogP contribution in [-0.2, 0) is 76.5 Å². The van der Waals surface area contributed by atoms with Gasteiger partial charge in [-0.1, -0.05) is 43.6 Å². The third-order valence-corrected chi connectivity index (χ3v) is 10.1. The average Bonchev–Trinajstić information content (AvgIpc) is 3.72. The van der Waals surface area contributed by atoms with E-state index in [-0.39, 0.29) is 109 Å². The Labute approximate surface area is 431 Å². The van der Waals surface area contributed by atoms with E-state index in [1.54, 1.807) is 10.0 Å². The molecule has 5 saturated heterocycles. The number of ketones is 2. The number of carboxylic acid groups (broad SMARTS) is 2. The predicted molar refractivity (Wildman–Crippen MR) is 267 cm³/mol. The quantitative estimate of drug-likeness (QED) is 0.112. The van der Waals surface area contributed by atoms with Crippen LogP contribution >= 0.6 is 0 Å². The summed E-state index contributed by atoms with van der Waals surface area (Å²) in [5.74, 6) is -4.60. The van der Waals surface area contributed by atoms with E-state index in [2.05, 4.69) is 35.2 Å². The molecule has 0 aromatic carbocycles. The van der Waals surface area contributed by atoms with Crippen LogP contribution in [0.2, 0.25) is 0 Å². The van der Waals surface area contributed by atoms with E-state index in [9.17, 15) is 57.5 Å². The van der Waals surface area contributed by atoms with Crippen molar-refractivity contribution in [3.63, 3.8) is 0 Å². The minimum Gasteiger partial charge on any atom is -0.481 e. The minimum absolute atomic E-state index is 0. The molecule has 424 valence electrons. The second-order valence-electron chi connectivity index (χ2n) is 15.5. The van der Waals surface area contributed by atoms with E-state index in [1.165, 1.54) is 64.1 Å². The van der Waals surface area contributed by atoms with Crippen LogP contribution in [0.25, 0.3) is 0 Å². The zero-order valence-corrected chi connectivity index (χ0v) is 41.2. The number of methoxy groups -OCH3 is 3. The van der Waals surface area contributed by atoms with Crippen molar-refractivity contribution < 1.29 is 86.7 Å². The highest BCUT2D eigenvalue weighted by molar-refractivity contribution is 5.92. The van der Waals surface area contributed by atoms with Gasteiger partial charge in [-0.3, -0.25) is 62.8 Å². The molecular weight excluding hydrogens is 965 g/mol. The summed E-state index contributed by atoms with van der Waals surface area (Å²) in [5, 5.41) is 24.1. The van der Waals surface area contributed by atoms with E-state index in [1.807, 2.05) is 13.8 Å². The largest absolute Gasteiger partial charge is 0.481 e. The number of hydrogen-bond donors (Lipinski definition) is 5. The van der Waals surface area contributed by atoms with Crippen molar-refractivity contribution in [2.45, 2.75) is 172 Å². The lowest BCUT2D eigenvalue weighted by Crippen LogP contribution is -2.59. The van der Waals surface area contributed by atoms with Gasteiger partial charge >= 0.3 is 41.8 Å². The van der Waals surface area contributed by atoms with Crippen LogP contribution in [0.15, 0.2) is 0 Å². The molecule has 26 nitrogen and oxygen atoms in total. The molecular formula is C47H88N8O18. The molecule has 0 aromatic rings. The van der Waals surface area contributed by atoms with Crippen LogP contribution in [0.3, 0.4) is 0 Å². The van der Waals surface area contributed by atoms with Crippen molar-refractivity contribution in [2.24, 2.45) is 0 Å². The predicted octanol–water partition coefficient (Wildman–Crippen LogP) is 2.22. The minimum atomic E-state index is -1.01. The number of cyclic esters (lactones) is 2. The van der Waals surface area contributed by atoms with Gasteiger partial charge in [0.05, 0.1) is 53.2 Å². The van der Waals surface area contributed by atoms with Gasteiger partial charge in [0.2, 0.25) is 17.7 Å². The molecule has 0 bridgehead atoms. The molecule has 5 heterocycles. The fraction of sp³-hybridized carbons (Fsp3) is 0.745. The summed E-state index contributed by atoms with van der Waals surface area (Å²) in [6.07, 6.45) is 6.07. The Morgan fingerprint density at radius 2 is 1.00 bits per heavy atom. The van der Waals surface area contributed by atoms with Crippen molar-refractivity contribution >= 4 is 71.1 Å². The number of nitrogens with one attached hydrogen (secondary N) is 3. The number of aliphatic carboxylic acids is 2. The van der Waals surface area contributed by atoms with Crippen LogP contribution in [0.1, 0.15) is 148 Å². The van der Waals surface area contributed by atoms with Crippen molar-refractivity contribution in [1.29, 1.82) is 0 Å². The summed E-state index contributed by atoms with van der Waals surface area (Å²) in [7, 11) is 3.93. The molecule has 4 unspecified atom stereocenters. The molecule has 0 radical (unpaired) electrons. The maximum Gasteiger partial charge on any atom is 0.330 e. The SMILES string of the molecule is C.C.C.C.CC.CC(=O)C1CCCN(CC(=O)O)N1.COC(=O)C1CCCN(C(=O)CCC(=O)O)N1.COC(=O)C1CCCN(C(C)=O)N1C(C)=O.COC(=O)C1CCCN(CC(C)=O)N1.O=C1CCC(=O)O1. The zero-order valence-electron chi connectivity index (χ0n) is 41.2. The smallest absolute Gasteiger partial charge is 0.330 e. The Kier molecular flexibility index (Phi) is 43.2. The lowest BCUT2D eigenvalue weighted by Gasteiger charge is -2.41. The Bertz CT molecular complexity index is 1750. The number of hydrogen-bond acceptors (Lipinski definition) is 21. The number of rotatable bonds is 11. The molecule has 73 heavy (non-hydrogen) atoms. The third-order valence-electron chi connectivity index (χ3n) is 10.1. The van der Waals surface area contributed by atoms with Crippen molar-refractivity contribution in [3.8, 4) is 0 Å². The maximum absolute atomic E-state index is 11.6. The molecule has 5 fully saturated rings. The van der Waals surface area contributed by atoms with Gasteiger partial charge < -0.3 is 29.2 Å². The lowest BCUT2D eigenvalue weighted by atomic mass is 10.1. The fourth-order valence-electron chi connectivity index (χ4n) is 6.91. The van der Waals surface area contributed by atoms with Crippen molar-refractivity contribution in [1.82, 2.24) is 41.3 Å². The lowest BCUT2D eigenvalue weighted by molar-refractivity contribution is -0.181. The molecule has 0 aromatic heterocycles. The highest BCUT2D eigenvalue weighted by Crippen LogP contribution is 2.20. The number of carbonyl (C=O) groups is 12. The molecule has 5 aliphatic heterocycles. The van der Waals surface area contributed by atoms with Gasteiger partial charge in [-0.15, -0.1) is 0 Å². The first-order valence-corrected chi connectivity index (χ1v) is 22.6. The first kappa shape index (κ1) is 76.0. The van der Waals surface area contributed by atoms with Gasteiger partial charge in [-0.05, 0) is 65.2 Å². The van der Waals surface area contributed by atoms with Gasteiger partial charge in [0.25, 0.3) is 0 Å². The van der Waals surface area contributed by atoms with Crippen LogP contribution in [0, 0.1) is 0 Å². The second-order valence-corrected chi connectivity index (χ2v) is 15.5. The molecule has 3 amide bonds.